The van der Waals surface area contributed by atoms with E-state index in [4.69, 9.17) is 0 Å². The largest absolute Gasteiger partial charge is 0.508 e. The second kappa shape index (κ2) is 5.57. The predicted octanol–water partition coefficient (Wildman–Crippen LogP) is 3.08. The Labute approximate surface area is 112 Å². The van der Waals surface area contributed by atoms with Gasteiger partial charge in [0.25, 0.3) is 0 Å². The van der Waals surface area contributed by atoms with Crippen molar-refractivity contribution in [2.24, 2.45) is 0 Å². The number of aromatic hydroxyl groups is 1. The molecule has 0 saturated heterocycles. The number of esters is 1. The van der Waals surface area contributed by atoms with Crippen LogP contribution >= 0.6 is 0 Å². The first kappa shape index (κ1) is 13.1. The van der Waals surface area contributed by atoms with E-state index < -0.39 is 0 Å². The highest BCUT2D eigenvalue weighted by atomic mass is 16.5. The molecule has 19 heavy (non-hydrogen) atoms. The average Bonchev–Trinajstić information content (AvgIpc) is 2.42. The topological polar surface area (TPSA) is 46.5 Å². The fraction of sp³-hybridized carbons (Fsp3) is 0.188. The van der Waals surface area contributed by atoms with Crippen molar-refractivity contribution in [3.8, 4) is 16.9 Å². The smallest absolute Gasteiger partial charge is 0.309 e. The molecule has 3 heteroatoms. The number of carbonyl (C=O) groups excluding carboxylic acids is 1. The molecule has 0 aliphatic carbocycles. The van der Waals surface area contributed by atoms with Gasteiger partial charge in [-0.05, 0) is 41.3 Å². The molecule has 0 saturated carbocycles. The van der Waals surface area contributed by atoms with Crippen LogP contribution in [-0.4, -0.2) is 18.2 Å². The monoisotopic (exact) mass is 256 g/mol. The zero-order chi connectivity index (χ0) is 13.8. The average molecular weight is 256 g/mol. The second-order valence-corrected chi connectivity index (χ2v) is 4.45. The van der Waals surface area contributed by atoms with Crippen molar-refractivity contribution < 1.29 is 14.6 Å². The van der Waals surface area contributed by atoms with E-state index >= 15 is 0 Å². The van der Waals surface area contributed by atoms with E-state index in [-0.39, 0.29) is 12.4 Å². The predicted molar refractivity (Wildman–Crippen MR) is 74.0 cm³/mol. The number of ether oxygens (including phenoxy) is 1. The van der Waals surface area contributed by atoms with Gasteiger partial charge in [0.05, 0.1) is 13.5 Å². The van der Waals surface area contributed by atoms with Gasteiger partial charge in [-0.1, -0.05) is 30.3 Å². The maximum Gasteiger partial charge on any atom is 0.309 e. The van der Waals surface area contributed by atoms with E-state index in [9.17, 15) is 9.90 Å². The number of phenolic OH excluding ortho intramolecular Hbond substituents is 1. The lowest BCUT2D eigenvalue weighted by molar-refractivity contribution is -0.139. The van der Waals surface area contributed by atoms with Crippen LogP contribution in [0.2, 0.25) is 0 Å². The fourth-order valence-corrected chi connectivity index (χ4v) is 1.89. The first-order valence-electron chi connectivity index (χ1n) is 6.06. The Morgan fingerprint density at radius 3 is 2.32 bits per heavy atom. The standard InChI is InChI=1S/C16H16O3/c1-11-9-14(7-8-15(11)17)13-5-3-12(4-6-13)10-16(18)19-2/h3-9,17H,10H2,1-2H3. The minimum atomic E-state index is -0.242. The Hall–Kier alpha value is -2.29. The maximum atomic E-state index is 11.2. The van der Waals surface area contributed by atoms with Crippen molar-refractivity contribution in [1.29, 1.82) is 0 Å². The lowest BCUT2D eigenvalue weighted by atomic mass is 10.0. The molecule has 0 heterocycles. The second-order valence-electron chi connectivity index (χ2n) is 4.45. The molecule has 0 aliphatic rings. The third-order valence-electron chi connectivity index (χ3n) is 3.06. The van der Waals surface area contributed by atoms with Gasteiger partial charge in [-0.15, -0.1) is 0 Å². The van der Waals surface area contributed by atoms with E-state index in [1.54, 1.807) is 6.07 Å². The molecule has 0 aromatic heterocycles. The molecule has 0 unspecified atom stereocenters. The van der Waals surface area contributed by atoms with E-state index in [1.165, 1.54) is 7.11 Å². The van der Waals surface area contributed by atoms with Gasteiger partial charge in [0.15, 0.2) is 0 Å². The number of aryl methyl sites for hydroxylation is 1. The van der Waals surface area contributed by atoms with Crippen LogP contribution in [0.5, 0.6) is 5.75 Å². The highest BCUT2D eigenvalue weighted by Gasteiger charge is 2.04. The molecule has 0 spiro atoms. The molecule has 1 N–H and O–H groups in total. The first-order valence-corrected chi connectivity index (χ1v) is 6.06. The Balaban J connectivity index is 2.22. The molecule has 0 amide bonds. The lowest BCUT2D eigenvalue weighted by Gasteiger charge is -2.06. The van der Waals surface area contributed by atoms with Crippen LogP contribution in [0, 0.1) is 6.92 Å². The number of rotatable bonds is 3. The van der Waals surface area contributed by atoms with Crippen molar-refractivity contribution in [2.45, 2.75) is 13.3 Å². The van der Waals surface area contributed by atoms with Crippen molar-refractivity contribution in [3.05, 3.63) is 53.6 Å². The number of carbonyl (C=O) groups is 1. The van der Waals surface area contributed by atoms with Gasteiger partial charge >= 0.3 is 5.97 Å². The molecule has 0 radical (unpaired) electrons. The van der Waals surface area contributed by atoms with Crippen molar-refractivity contribution >= 4 is 5.97 Å². The number of hydrogen-bond donors (Lipinski definition) is 1. The van der Waals surface area contributed by atoms with Gasteiger partial charge in [0.1, 0.15) is 5.75 Å². The van der Waals surface area contributed by atoms with Crippen molar-refractivity contribution in [1.82, 2.24) is 0 Å². The molecule has 0 bridgehead atoms. The number of benzene rings is 2. The summed E-state index contributed by atoms with van der Waals surface area (Å²) in [6.07, 6.45) is 0.283. The Morgan fingerprint density at radius 2 is 1.74 bits per heavy atom. The number of hydrogen-bond acceptors (Lipinski definition) is 3. The summed E-state index contributed by atoms with van der Waals surface area (Å²) in [5, 5.41) is 9.51. The molecule has 0 atom stereocenters. The van der Waals surface area contributed by atoms with Crippen molar-refractivity contribution in [2.75, 3.05) is 7.11 Å². The molecular formula is C16H16O3. The summed E-state index contributed by atoms with van der Waals surface area (Å²) < 4.78 is 4.63. The van der Waals surface area contributed by atoms with Crippen LogP contribution in [0.1, 0.15) is 11.1 Å². The molecule has 0 fully saturated rings. The third-order valence-corrected chi connectivity index (χ3v) is 3.06. The van der Waals surface area contributed by atoms with Crippen LogP contribution in [0.4, 0.5) is 0 Å². The van der Waals surface area contributed by atoms with Crippen LogP contribution in [0.15, 0.2) is 42.5 Å². The van der Waals surface area contributed by atoms with Crippen LogP contribution in [0.25, 0.3) is 11.1 Å². The van der Waals surface area contributed by atoms with Crippen molar-refractivity contribution in [3.63, 3.8) is 0 Å². The summed E-state index contributed by atoms with van der Waals surface area (Å²) in [7, 11) is 1.38. The zero-order valence-corrected chi connectivity index (χ0v) is 11.0. The SMILES string of the molecule is COC(=O)Cc1ccc(-c2ccc(O)c(C)c2)cc1. The quantitative estimate of drug-likeness (QED) is 0.858. The highest BCUT2D eigenvalue weighted by Crippen LogP contribution is 2.25. The zero-order valence-electron chi connectivity index (χ0n) is 11.0. The molecule has 2 aromatic carbocycles. The molecule has 3 nitrogen and oxygen atoms in total. The van der Waals surface area contributed by atoms with E-state index in [0.717, 1.165) is 22.3 Å². The molecule has 2 rings (SSSR count). The normalized spacial score (nSPS) is 10.2. The van der Waals surface area contributed by atoms with Gasteiger partial charge in [-0.2, -0.15) is 0 Å². The lowest BCUT2D eigenvalue weighted by Crippen LogP contribution is -2.04. The molecule has 98 valence electrons. The van der Waals surface area contributed by atoms with Gasteiger partial charge in [0, 0.05) is 0 Å². The van der Waals surface area contributed by atoms with Crippen LogP contribution < -0.4 is 0 Å². The minimum Gasteiger partial charge on any atom is -0.508 e. The summed E-state index contributed by atoms with van der Waals surface area (Å²) >= 11 is 0. The highest BCUT2D eigenvalue weighted by molar-refractivity contribution is 5.73. The summed E-state index contributed by atoms with van der Waals surface area (Å²) in [6, 6.07) is 13.2. The van der Waals surface area contributed by atoms with E-state index in [0.29, 0.717) is 5.75 Å². The Bertz CT molecular complexity index is 585. The van der Waals surface area contributed by atoms with Crippen LogP contribution in [-0.2, 0) is 16.0 Å². The summed E-state index contributed by atoms with van der Waals surface area (Å²) in [4.78, 5) is 11.2. The first-order chi connectivity index (χ1) is 9.10. The molecular weight excluding hydrogens is 240 g/mol. The Morgan fingerprint density at radius 1 is 1.11 bits per heavy atom. The van der Waals surface area contributed by atoms with Gasteiger partial charge in [-0.3, -0.25) is 4.79 Å². The fourth-order valence-electron chi connectivity index (χ4n) is 1.89. The van der Waals surface area contributed by atoms with E-state index in [1.807, 2.05) is 43.3 Å². The molecule has 2 aromatic rings. The number of methoxy groups -OCH3 is 1. The minimum absolute atomic E-state index is 0.242. The maximum absolute atomic E-state index is 11.2. The van der Waals surface area contributed by atoms with E-state index in [2.05, 4.69) is 4.74 Å². The van der Waals surface area contributed by atoms with Crippen LogP contribution in [0.3, 0.4) is 0 Å². The van der Waals surface area contributed by atoms with Gasteiger partial charge in [0.2, 0.25) is 0 Å². The summed E-state index contributed by atoms with van der Waals surface area (Å²) in [5.74, 6) is 0.0549. The summed E-state index contributed by atoms with van der Waals surface area (Å²) in [6.45, 7) is 1.87. The summed E-state index contributed by atoms with van der Waals surface area (Å²) in [5.41, 5.74) is 3.86. The Kier molecular flexibility index (Phi) is 3.85. The van der Waals surface area contributed by atoms with Gasteiger partial charge in [-0.25, -0.2) is 0 Å². The number of phenols is 1. The third kappa shape index (κ3) is 3.13. The van der Waals surface area contributed by atoms with Gasteiger partial charge < -0.3 is 9.84 Å². The molecule has 0 aliphatic heterocycles.